The Morgan fingerprint density at radius 1 is 0.776 bits per heavy atom. The predicted molar refractivity (Wildman–Crippen MR) is 204 cm³/mol. The SMILES string of the molecule is COC(=O)[C@H](Cc1ccccc1)NC(=O)[C@H](Cc1ccc(C#CCOC2OC(COC(C)=O)C(OC(C)=O)C(OC(C)=O)C2NC(C)=O)cc1)NC(=O)OC(C)(C)C. The molecule has 2 aromatic rings. The topological polar surface area (TPSA) is 220 Å². The maximum Gasteiger partial charge on any atom is 0.408 e. The summed E-state index contributed by atoms with van der Waals surface area (Å²) in [6.07, 6.45) is -5.62. The molecule has 314 valence electrons. The van der Waals surface area contributed by atoms with Crippen molar-refractivity contribution in [3.63, 3.8) is 0 Å². The first-order valence-electron chi connectivity index (χ1n) is 18.4. The van der Waals surface area contributed by atoms with E-state index < -0.39 is 90.1 Å². The molecular weight excluding hydrogens is 758 g/mol. The third-order valence-corrected chi connectivity index (χ3v) is 8.11. The fourth-order valence-corrected chi connectivity index (χ4v) is 5.77. The van der Waals surface area contributed by atoms with Gasteiger partial charge in [0.05, 0.1) is 7.11 Å². The monoisotopic (exact) mass is 809 g/mol. The van der Waals surface area contributed by atoms with Crippen LogP contribution in [0.25, 0.3) is 0 Å². The van der Waals surface area contributed by atoms with Gasteiger partial charge in [-0.2, -0.15) is 0 Å². The highest BCUT2D eigenvalue weighted by Gasteiger charge is 2.51. The molecule has 1 aliphatic rings. The summed E-state index contributed by atoms with van der Waals surface area (Å²) in [5.41, 5.74) is 1.14. The van der Waals surface area contributed by atoms with E-state index >= 15 is 0 Å². The summed E-state index contributed by atoms with van der Waals surface area (Å²) in [6.45, 7) is 9.10. The summed E-state index contributed by atoms with van der Waals surface area (Å²) in [5, 5.41) is 7.93. The van der Waals surface area contributed by atoms with Crippen LogP contribution in [0.5, 0.6) is 0 Å². The fourth-order valence-electron chi connectivity index (χ4n) is 5.77. The summed E-state index contributed by atoms with van der Waals surface area (Å²) >= 11 is 0. The Hall–Kier alpha value is -5.99. The number of carbonyl (C=O) groups is 7. The van der Waals surface area contributed by atoms with Gasteiger partial charge in [-0.15, -0.1) is 0 Å². The molecule has 17 heteroatoms. The Kier molecular flexibility index (Phi) is 17.7. The highest BCUT2D eigenvalue weighted by Crippen LogP contribution is 2.28. The van der Waals surface area contributed by atoms with Crippen LogP contribution >= 0.6 is 0 Å². The second-order valence-corrected chi connectivity index (χ2v) is 14.2. The zero-order chi connectivity index (χ0) is 43.0. The average molecular weight is 810 g/mol. The van der Waals surface area contributed by atoms with Gasteiger partial charge < -0.3 is 49.1 Å². The lowest BCUT2D eigenvalue weighted by Crippen LogP contribution is -2.66. The van der Waals surface area contributed by atoms with Gasteiger partial charge in [0.25, 0.3) is 0 Å². The van der Waals surface area contributed by atoms with E-state index in [0.717, 1.165) is 19.4 Å². The van der Waals surface area contributed by atoms with Gasteiger partial charge in [-0.05, 0) is 44.0 Å². The van der Waals surface area contributed by atoms with E-state index in [1.165, 1.54) is 21.0 Å². The molecular formula is C41H51N3O14. The number of nitrogens with one attached hydrogen (secondary N) is 3. The zero-order valence-electron chi connectivity index (χ0n) is 33.8. The lowest BCUT2D eigenvalue weighted by molar-refractivity contribution is -0.274. The predicted octanol–water partition coefficient (Wildman–Crippen LogP) is 2.05. The van der Waals surface area contributed by atoms with Crippen molar-refractivity contribution in [2.75, 3.05) is 20.3 Å². The largest absolute Gasteiger partial charge is 0.467 e. The van der Waals surface area contributed by atoms with Gasteiger partial charge in [0.15, 0.2) is 18.5 Å². The summed E-state index contributed by atoms with van der Waals surface area (Å²) in [7, 11) is 1.22. The van der Waals surface area contributed by atoms with Crippen LogP contribution in [0.2, 0.25) is 0 Å². The third kappa shape index (κ3) is 15.9. The number of alkyl carbamates (subject to hydrolysis) is 1. The van der Waals surface area contributed by atoms with Crippen molar-refractivity contribution in [2.24, 2.45) is 0 Å². The lowest BCUT2D eigenvalue weighted by atomic mass is 9.96. The van der Waals surface area contributed by atoms with E-state index in [1.54, 1.807) is 45.0 Å². The average Bonchev–Trinajstić information content (AvgIpc) is 3.13. The van der Waals surface area contributed by atoms with Crippen molar-refractivity contribution >= 4 is 41.8 Å². The minimum atomic E-state index is -1.29. The van der Waals surface area contributed by atoms with Crippen LogP contribution in [0, 0.1) is 11.8 Å². The van der Waals surface area contributed by atoms with Crippen LogP contribution < -0.4 is 16.0 Å². The highest BCUT2D eigenvalue weighted by molar-refractivity contribution is 5.90. The van der Waals surface area contributed by atoms with Crippen molar-refractivity contribution in [2.45, 2.75) is 110 Å². The second kappa shape index (κ2) is 22.1. The Labute approximate surface area is 337 Å². The molecule has 0 radical (unpaired) electrons. The molecule has 0 aromatic heterocycles. The molecule has 1 heterocycles. The molecule has 0 spiro atoms. The standard InChI is InChI=1S/C41H51N3O14/c1-24(45)42-34-36(56-27(4)48)35(55-26(3)47)33(23-54-25(2)46)57-39(34)53-20-12-15-28-16-18-30(19-17-28)21-31(44-40(51)58-41(5,6)7)37(49)43-32(38(50)52-8)22-29-13-10-9-11-14-29/h9-11,13-14,16-19,31-36,39H,20-23H2,1-8H3,(H,42,45)(H,43,49)(H,44,51)/t31-,32-,33?,34?,35?,36?,39?/m0/s1. The Morgan fingerprint density at radius 3 is 1.95 bits per heavy atom. The molecule has 7 atom stereocenters. The van der Waals surface area contributed by atoms with Gasteiger partial charge >= 0.3 is 30.0 Å². The molecule has 0 bridgehead atoms. The van der Waals surface area contributed by atoms with Crippen molar-refractivity contribution < 1.29 is 66.7 Å². The van der Waals surface area contributed by atoms with Crippen LogP contribution in [0.4, 0.5) is 4.79 Å². The maximum absolute atomic E-state index is 13.6. The van der Waals surface area contributed by atoms with Crippen molar-refractivity contribution in [1.29, 1.82) is 0 Å². The molecule has 0 saturated carbocycles. The number of amides is 3. The van der Waals surface area contributed by atoms with Crippen LogP contribution in [0.3, 0.4) is 0 Å². The second-order valence-electron chi connectivity index (χ2n) is 14.2. The first-order valence-corrected chi connectivity index (χ1v) is 18.4. The van der Waals surface area contributed by atoms with Crippen LogP contribution in [0.1, 0.15) is 65.2 Å². The van der Waals surface area contributed by atoms with Gasteiger partial charge in [-0.1, -0.05) is 54.3 Å². The normalized spacial score (nSPS) is 19.7. The van der Waals surface area contributed by atoms with Crippen LogP contribution in [-0.2, 0) is 74.8 Å². The number of hydrogen-bond donors (Lipinski definition) is 3. The number of benzene rings is 2. The Morgan fingerprint density at radius 2 is 1.38 bits per heavy atom. The summed E-state index contributed by atoms with van der Waals surface area (Å²) in [4.78, 5) is 86.9. The highest BCUT2D eigenvalue weighted by atomic mass is 16.7. The summed E-state index contributed by atoms with van der Waals surface area (Å²) in [5.74, 6) is 1.85. The van der Waals surface area contributed by atoms with Crippen molar-refractivity contribution in [3.05, 3.63) is 71.3 Å². The number of methoxy groups -OCH3 is 1. The summed E-state index contributed by atoms with van der Waals surface area (Å²) in [6, 6.07) is 12.5. The molecule has 1 fully saturated rings. The molecule has 1 aliphatic heterocycles. The zero-order valence-corrected chi connectivity index (χ0v) is 33.8. The number of esters is 4. The molecule has 58 heavy (non-hydrogen) atoms. The Balaban J connectivity index is 1.78. The van der Waals surface area contributed by atoms with Crippen molar-refractivity contribution in [3.8, 4) is 11.8 Å². The van der Waals surface area contributed by atoms with E-state index in [2.05, 4.69) is 27.8 Å². The van der Waals surface area contributed by atoms with Crippen molar-refractivity contribution in [1.82, 2.24) is 16.0 Å². The number of rotatable bonds is 15. The lowest BCUT2D eigenvalue weighted by Gasteiger charge is -2.44. The van der Waals surface area contributed by atoms with E-state index in [9.17, 15) is 33.6 Å². The van der Waals surface area contributed by atoms with E-state index in [-0.39, 0.29) is 26.1 Å². The van der Waals surface area contributed by atoms with E-state index in [1.807, 2.05) is 30.3 Å². The fraction of sp³-hybridized carbons (Fsp3) is 0.488. The maximum atomic E-state index is 13.6. The van der Waals surface area contributed by atoms with Gasteiger partial charge in [0.1, 0.15) is 43.0 Å². The smallest absolute Gasteiger partial charge is 0.408 e. The molecule has 3 amide bonds. The molecule has 17 nitrogen and oxygen atoms in total. The molecule has 0 aliphatic carbocycles. The molecule has 3 rings (SSSR count). The van der Waals surface area contributed by atoms with Crippen LogP contribution in [-0.4, -0.2) is 110 Å². The Bertz CT molecular complexity index is 1820. The van der Waals surface area contributed by atoms with Gasteiger partial charge in [-0.3, -0.25) is 24.0 Å². The van der Waals surface area contributed by atoms with Gasteiger partial charge in [-0.25, -0.2) is 9.59 Å². The van der Waals surface area contributed by atoms with Crippen LogP contribution in [0.15, 0.2) is 54.6 Å². The minimum Gasteiger partial charge on any atom is -0.467 e. The van der Waals surface area contributed by atoms with E-state index in [4.69, 9.17) is 33.2 Å². The quantitative estimate of drug-likeness (QED) is 0.133. The number of hydrogen-bond acceptors (Lipinski definition) is 14. The molecule has 1 saturated heterocycles. The first kappa shape index (κ1) is 46.4. The first-order chi connectivity index (χ1) is 27.3. The molecule has 5 unspecified atom stereocenters. The minimum absolute atomic E-state index is 0.0248. The third-order valence-electron chi connectivity index (χ3n) is 8.11. The van der Waals surface area contributed by atoms with Gasteiger partial charge in [0, 0.05) is 46.1 Å². The number of ether oxygens (including phenoxy) is 7. The summed E-state index contributed by atoms with van der Waals surface area (Å²) < 4.78 is 38.2. The number of carbonyl (C=O) groups excluding carboxylic acids is 7. The van der Waals surface area contributed by atoms with E-state index in [0.29, 0.717) is 11.1 Å². The molecule has 3 N–H and O–H groups in total. The van der Waals surface area contributed by atoms with Gasteiger partial charge in [0.2, 0.25) is 11.8 Å². The molecule has 2 aromatic carbocycles.